The average Bonchev–Trinajstić information content (AvgIpc) is 3.52. The van der Waals surface area contributed by atoms with E-state index in [0.29, 0.717) is 6.04 Å². The maximum absolute atomic E-state index is 13.2. The Morgan fingerprint density at radius 2 is 1.63 bits per heavy atom. The normalized spacial score (nSPS) is 18.1. The monoisotopic (exact) mass is 400 g/mol. The molecule has 3 aromatic rings. The molecule has 154 valence electrons. The third-order valence-corrected chi connectivity index (χ3v) is 6.46. The molecule has 5 heteroatoms. The van der Waals surface area contributed by atoms with Gasteiger partial charge in [0.15, 0.2) is 0 Å². The summed E-state index contributed by atoms with van der Waals surface area (Å²) in [4.78, 5) is 17.8. The zero-order valence-corrected chi connectivity index (χ0v) is 17.3. The SMILES string of the molecule is O=C(c1cccc(-n2nccc2-c2ccccc2)c1)N1CCC(N2CCCC2)CC1. The molecule has 0 aliphatic carbocycles. The Kier molecular flexibility index (Phi) is 5.37. The lowest BCUT2D eigenvalue weighted by Crippen LogP contribution is -2.45. The molecule has 2 aromatic carbocycles. The van der Waals surface area contributed by atoms with Crippen LogP contribution >= 0.6 is 0 Å². The summed E-state index contributed by atoms with van der Waals surface area (Å²) in [7, 11) is 0. The van der Waals surface area contributed by atoms with Crippen LogP contribution in [-0.4, -0.2) is 57.7 Å². The van der Waals surface area contributed by atoms with Crippen LogP contribution in [0.3, 0.4) is 0 Å². The predicted molar refractivity (Wildman–Crippen MR) is 119 cm³/mol. The van der Waals surface area contributed by atoms with E-state index in [1.165, 1.54) is 25.9 Å². The Balaban J connectivity index is 1.32. The summed E-state index contributed by atoms with van der Waals surface area (Å²) in [5.74, 6) is 0.130. The molecule has 2 aliphatic rings. The standard InChI is InChI=1S/C25H28N4O/c30-25(28-17-12-22(13-18-28)27-15-4-5-16-27)21-9-6-10-23(19-21)29-24(11-14-26-29)20-7-2-1-3-8-20/h1-3,6-11,14,19,22H,4-5,12-13,15-18H2. The number of amides is 1. The molecule has 2 aliphatic heterocycles. The molecular weight excluding hydrogens is 372 g/mol. The zero-order valence-electron chi connectivity index (χ0n) is 17.3. The van der Waals surface area contributed by atoms with Crippen LogP contribution in [0.2, 0.25) is 0 Å². The lowest BCUT2D eigenvalue weighted by atomic mass is 10.0. The molecule has 2 saturated heterocycles. The maximum atomic E-state index is 13.2. The van der Waals surface area contributed by atoms with Gasteiger partial charge in [-0.2, -0.15) is 5.10 Å². The van der Waals surface area contributed by atoms with E-state index in [0.717, 1.165) is 48.4 Å². The van der Waals surface area contributed by atoms with Crippen LogP contribution in [0.25, 0.3) is 16.9 Å². The van der Waals surface area contributed by atoms with E-state index in [1.54, 1.807) is 6.20 Å². The molecule has 1 amide bonds. The lowest BCUT2D eigenvalue weighted by Gasteiger charge is -2.36. The molecule has 5 rings (SSSR count). The second-order valence-electron chi connectivity index (χ2n) is 8.31. The lowest BCUT2D eigenvalue weighted by molar-refractivity contribution is 0.0644. The predicted octanol–water partition coefficient (Wildman–Crippen LogP) is 4.24. The average molecular weight is 401 g/mol. The molecule has 2 fully saturated rings. The molecule has 0 atom stereocenters. The fourth-order valence-corrected chi connectivity index (χ4v) is 4.83. The summed E-state index contributed by atoms with van der Waals surface area (Å²) in [6.45, 7) is 4.16. The van der Waals surface area contributed by atoms with Crippen LogP contribution in [0.15, 0.2) is 66.9 Å². The molecule has 0 saturated carbocycles. The van der Waals surface area contributed by atoms with Gasteiger partial charge in [0.1, 0.15) is 0 Å². The number of piperidine rings is 1. The number of hydrogen-bond donors (Lipinski definition) is 0. The summed E-state index contributed by atoms with van der Waals surface area (Å²) in [6, 6.07) is 20.7. The molecular formula is C25H28N4O. The number of carbonyl (C=O) groups is 1. The molecule has 1 aromatic heterocycles. The van der Waals surface area contributed by atoms with Gasteiger partial charge >= 0.3 is 0 Å². The van der Waals surface area contributed by atoms with Crippen LogP contribution in [0, 0.1) is 0 Å². The fourth-order valence-electron chi connectivity index (χ4n) is 4.83. The van der Waals surface area contributed by atoms with E-state index in [-0.39, 0.29) is 5.91 Å². The van der Waals surface area contributed by atoms with Crippen LogP contribution in [0.1, 0.15) is 36.0 Å². The van der Waals surface area contributed by atoms with Gasteiger partial charge in [-0.15, -0.1) is 0 Å². The van der Waals surface area contributed by atoms with Crippen molar-refractivity contribution >= 4 is 5.91 Å². The highest BCUT2D eigenvalue weighted by Crippen LogP contribution is 2.25. The summed E-state index contributed by atoms with van der Waals surface area (Å²) in [5, 5.41) is 4.52. The molecule has 0 radical (unpaired) electrons. The number of hydrogen-bond acceptors (Lipinski definition) is 3. The van der Waals surface area contributed by atoms with Gasteiger partial charge in [-0.1, -0.05) is 36.4 Å². The summed E-state index contributed by atoms with van der Waals surface area (Å²) in [5.41, 5.74) is 3.78. The topological polar surface area (TPSA) is 41.4 Å². The summed E-state index contributed by atoms with van der Waals surface area (Å²) in [6.07, 6.45) is 6.63. The minimum atomic E-state index is 0.130. The first kappa shape index (κ1) is 19.1. The Morgan fingerprint density at radius 1 is 0.867 bits per heavy atom. The fraction of sp³-hybridized carbons (Fsp3) is 0.360. The van der Waals surface area contributed by atoms with Gasteiger partial charge < -0.3 is 9.80 Å². The molecule has 0 unspecified atom stereocenters. The van der Waals surface area contributed by atoms with Crippen LogP contribution in [0.5, 0.6) is 0 Å². The van der Waals surface area contributed by atoms with Crippen molar-refractivity contribution in [3.05, 3.63) is 72.4 Å². The summed E-state index contributed by atoms with van der Waals surface area (Å²) >= 11 is 0. The number of rotatable bonds is 4. The summed E-state index contributed by atoms with van der Waals surface area (Å²) < 4.78 is 1.91. The van der Waals surface area contributed by atoms with Gasteiger partial charge in [-0.25, -0.2) is 4.68 Å². The van der Waals surface area contributed by atoms with Gasteiger partial charge in [-0.3, -0.25) is 4.79 Å². The van der Waals surface area contributed by atoms with E-state index in [4.69, 9.17) is 0 Å². The van der Waals surface area contributed by atoms with Crippen LogP contribution < -0.4 is 0 Å². The van der Waals surface area contributed by atoms with Crippen molar-refractivity contribution in [2.24, 2.45) is 0 Å². The Morgan fingerprint density at radius 3 is 2.40 bits per heavy atom. The van der Waals surface area contributed by atoms with Crippen molar-refractivity contribution in [2.75, 3.05) is 26.2 Å². The van der Waals surface area contributed by atoms with E-state index in [9.17, 15) is 4.79 Å². The minimum absolute atomic E-state index is 0.130. The van der Waals surface area contributed by atoms with Gasteiger partial charge in [-0.05, 0) is 63.0 Å². The smallest absolute Gasteiger partial charge is 0.253 e. The number of carbonyl (C=O) groups excluding carboxylic acids is 1. The first-order valence-corrected chi connectivity index (χ1v) is 11.0. The van der Waals surface area contributed by atoms with Gasteiger partial charge in [0.2, 0.25) is 0 Å². The molecule has 3 heterocycles. The van der Waals surface area contributed by atoms with Crippen molar-refractivity contribution in [1.29, 1.82) is 0 Å². The second kappa shape index (κ2) is 8.44. The zero-order chi connectivity index (χ0) is 20.3. The van der Waals surface area contributed by atoms with Crippen molar-refractivity contribution < 1.29 is 4.79 Å². The molecule has 5 nitrogen and oxygen atoms in total. The van der Waals surface area contributed by atoms with Crippen molar-refractivity contribution in [3.63, 3.8) is 0 Å². The highest BCUT2D eigenvalue weighted by Gasteiger charge is 2.28. The Hall–Kier alpha value is -2.92. The number of benzene rings is 2. The second-order valence-corrected chi connectivity index (χ2v) is 8.31. The minimum Gasteiger partial charge on any atom is -0.339 e. The van der Waals surface area contributed by atoms with E-state index in [1.807, 2.05) is 58.1 Å². The van der Waals surface area contributed by atoms with E-state index < -0.39 is 0 Å². The van der Waals surface area contributed by atoms with Crippen molar-refractivity contribution in [3.8, 4) is 16.9 Å². The third kappa shape index (κ3) is 3.77. The quantitative estimate of drug-likeness (QED) is 0.658. The highest BCUT2D eigenvalue weighted by molar-refractivity contribution is 5.94. The Bertz CT molecular complexity index is 999. The molecule has 0 bridgehead atoms. The van der Waals surface area contributed by atoms with Gasteiger partial charge in [0.05, 0.1) is 17.6 Å². The van der Waals surface area contributed by atoms with Crippen molar-refractivity contribution in [1.82, 2.24) is 19.6 Å². The maximum Gasteiger partial charge on any atom is 0.253 e. The van der Waals surface area contributed by atoms with Gasteiger partial charge in [0, 0.05) is 30.3 Å². The number of aromatic nitrogens is 2. The Labute approximate surface area is 177 Å². The first-order chi connectivity index (χ1) is 14.8. The third-order valence-electron chi connectivity index (χ3n) is 6.46. The van der Waals surface area contributed by atoms with Crippen LogP contribution in [0.4, 0.5) is 0 Å². The molecule has 0 N–H and O–H groups in total. The van der Waals surface area contributed by atoms with E-state index in [2.05, 4.69) is 22.1 Å². The highest BCUT2D eigenvalue weighted by atomic mass is 16.2. The first-order valence-electron chi connectivity index (χ1n) is 11.0. The molecule has 0 spiro atoms. The molecule has 30 heavy (non-hydrogen) atoms. The van der Waals surface area contributed by atoms with E-state index >= 15 is 0 Å². The van der Waals surface area contributed by atoms with Gasteiger partial charge in [0.25, 0.3) is 5.91 Å². The number of likely N-dealkylation sites (tertiary alicyclic amines) is 2. The number of nitrogens with zero attached hydrogens (tertiary/aromatic N) is 4. The van der Waals surface area contributed by atoms with Crippen LogP contribution in [-0.2, 0) is 0 Å². The largest absolute Gasteiger partial charge is 0.339 e. The van der Waals surface area contributed by atoms with Crippen molar-refractivity contribution in [2.45, 2.75) is 31.7 Å².